The quantitative estimate of drug-likeness (QED) is 0.914. The third-order valence-electron chi connectivity index (χ3n) is 4.08. The normalized spacial score (nSPS) is 20.3. The molecule has 0 aliphatic carbocycles. The van der Waals surface area contributed by atoms with Crippen LogP contribution in [-0.4, -0.2) is 36.1 Å². The molecule has 0 radical (unpaired) electrons. The van der Waals surface area contributed by atoms with Crippen LogP contribution in [0.1, 0.15) is 52.0 Å². The van der Waals surface area contributed by atoms with Gasteiger partial charge in [-0.2, -0.15) is 0 Å². The Morgan fingerprint density at radius 3 is 2.50 bits per heavy atom. The Kier molecular flexibility index (Phi) is 4.36. The monoisotopic (exact) mass is 334 g/mol. The van der Waals surface area contributed by atoms with E-state index in [0.29, 0.717) is 31.3 Å². The van der Waals surface area contributed by atoms with Crippen molar-refractivity contribution in [1.29, 1.82) is 0 Å². The van der Waals surface area contributed by atoms with Gasteiger partial charge in [0.15, 0.2) is 17.8 Å². The van der Waals surface area contributed by atoms with Crippen molar-refractivity contribution in [2.75, 3.05) is 19.8 Å². The number of rotatable bonds is 4. The zero-order chi connectivity index (χ0) is 17.5. The van der Waals surface area contributed by atoms with E-state index in [1.54, 1.807) is 13.8 Å². The van der Waals surface area contributed by atoms with Crippen LogP contribution in [0.2, 0.25) is 0 Å². The van der Waals surface area contributed by atoms with Gasteiger partial charge >= 0.3 is 0 Å². The van der Waals surface area contributed by atoms with E-state index in [4.69, 9.17) is 18.9 Å². The number of fused-ring (bicyclic) bond motifs is 1. The summed E-state index contributed by atoms with van der Waals surface area (Å²) < 4.78 is 23.2. The first-order chi connectivity index (χ1) is 11.2. The van der Waals surface area contributed by atoms with Crippen molar-refractivity contribution in [3.8, 4) is 11.5 Å². The second-order valence-corrected chi connectivity index (χ2v) is 7.22. The van der Waals surface area contributed by atoms with Gasteiger partial charge in [0, 0.05) is 11.1 Å². The molecule has 1 aromatic rings. The van der Waals surface area contributed by atoms with Gasteiger partial charge in [-0.3, -0.25) is 0 Å². The molecule has 1 fully saturated rings. The van der Waals surface area contributed by atoms with Crippen molar-refractivity contribution in [3.63, 3.8) is 0 Å². The number of hydrogen-bond acceptors (Lipinski definition) is 5. The van der Waals surface area contributed by atoms with Crippen LogP contribution in [0.5, 0.6) is 11.5 Å². The molecule has 2 aliphatic heterocycles. The van der Waals surface area contributed by atoms with Gasteiger partial charge < -0.3 is 24.1 Å². The highest BCUT2D eigenvalue weighted by molar-refractivity contribution is 5.80. The van der Waals surface area contributed by atoms with Crippen molar-refractivity contribution < 1.29 is 24.1 Å². The Morgan fingerprint density at radius 2 is 1.92 bits per heavy atom. The molecule has 1 N–H and O–H groups in total. The Hall–Kier alpha value is -1.56. The molecule has 1 aromatic carbocycles. The standard InChI is InChI=1S/C19H26O5/c1-6-21-15-10-12(17-22-7-8-23-17)9-13-14(19(4,5)20)11-18(2,3)24-16(13)15/h9-11,17,20H,6-8H2,1-5H3. The average molecular weight is 334 g/mol. The fourth-order valence-electron chi connectivity index (χ4n) is 3.10. The van der Waals surface area contributed by atoms with Crippen molar-refractivity contribution in [1.82, 2.24) is 0 Å². The summed E-state index contributed by atoms with van der Waals surface area (Å²) in [7, 11) is 0. The van der Waals surface area contributed by atoms with Crippen LogP contribution in [0.15, 0.2) is 18.2 Å². The van der Waals surface area contributed by atoms with Gasteiger partial charge in [-0.05, 0) is 58.4 Å². The van der Waals surface area contributed by atoms with Crippen LogP contribution in [-0.2, 0) is 9.47 Å². The number of benzene rings is 1. The topological polar surface area (TPSA) is 57.2 Å². The fraction of sp³-hybridized carbons (Fsp3) is 0.579. The first-order valence-electron chi connectivity index (χ1n) is 8.40. The van der Waals surface area contributed by atoms with Gasteiger partial charge in [-0.1, -0.05) is 0 Å². The molecule has 0 spiro atoms. The molecule has 0 unspecified atom stereocenters. The van der Waals surface area contributed by atoms with Crippen molar-refractivity contribution in [2.45, 2.75) is 52.1 Å². The lowest BCUT2D eigenvalue weighted by atomic mass is 9.84. The minimum Gasteiger partial charge on any atom is -0.490 e. The molecule has 3 rings (SSSR count). The summed E-state index contributed by atoms with van der Waals surface area (Å²) in [5.41, 5.74) is 0.968. The minimum absolute atomic E-state index is 0.410. The van der Waals surface area contributed by atoms with E-state index in [0.717, 1.165) is 16.7 Å². The molecule has 0 saturated carbocycles. The third-order valence-corrected chi connectivity index (χ3v) is 4.08. The van der Waals surface area contributed by atoms with Crippen molar-refractivity contribution in [2.24, 2.45) is 0 Å². The summed E-state index contributed by atoms with van der Waals surface area (Å²) >= 11 is 0. The zero-order valence-corrected chi connectivity index (χ0v) is 15.0. The Bertz CT molecular complexity index is 648. The van der Waals surface area contributed by atoms with Gasteiger partial charge in [0.2, 0.25) is 0 Å². The molecule has 24 heavy (non-hydrogen) atoms. The maximum Gasteiger partial charge on any atom is 0.184 e. The van der Waals surface area contributed by atoms with E-state index in [9.17, 15) is 5.11 Å². The van der Waals surface area contributed by atoms with Gasteiger partial charge in [-0.15, -0.1) is 0 Å². The average Bonchev–Trinajstić information content (AvgIpc) is 2.99. The SMILES string of the molecule is CCOc1cc(C2OCCO2)cc2c1OC(C)(C)C=C2C(C)(C)O. The van der Waals surface area contributed by atoms with Crippen LogP contribution >= 0.6 is 0 Å². The first kappa shape index (κ1) is 17.3. The van der Waals surface area contributed by atoms with E-state index < -0.39 is 17.5 Å². The second-order valence-electron chi connectivity index (χ2n) is 7.22. The van der Waals surface area contributed by atoms with E-state index in [1.165, 1.54) is 0 Å². The molecule has 2 aliphatic rings. The second kappa shape index (κ2) is 6.06. The molecule has 2 heterocycles. The lowest BCUT2D eigenvalue weighted by molar-refractivity contribution is -0.0443. The van der Waals surface area contributed by atoms with E-state index in [-0.39, 0.29) is 0 Å². The molecular formula is C19H26O5. The fourth-order valence-corrected chi connectivity index (χ4v) is 3.10. The molecular weight excluding hydrogens is 308 g/mol. The predicted octanol–water partition coefficient (Wildman–Crippen LogP) is 3.46. The van der Waals surface area contributed by atoms with Crippen molar-refractivity contribution in [3.05, 3.63) is 29.3 Å². The van der Waals surface area contributed by atoms with Gasteiger partial charge in [0.05, 0.1) is 25.4 Å². The van der Waals surface area contributed by atoms with E-state index >= 15 is 0 Å². The molecule has 0 aromatic heterocycles. The lowest BCUT2D eigenvalue weighted by Gasteiger charge is -2.36. The maximum absolute atomic E-state index is 10.7. The highest BCUT2D eigenvalue weighted by Gasteiger charge is 2.36. The predicted molar refractivity (Wildman–Crippen MR) is 91.2 cm³/mol. The van der Waals surface area contributed by atoms with Crippen LogP contribution in [0.25, 0.3) is 5.57 Å². The summed E-state index contributed by atoms with van der Waals surface area (Å²) in [4.78, 5) is 0. The van der Waals surface area contributed by atoms with E-state index in [1.807, 2.05) is 39.0 Å². The summed E-state index contributed by atoms with van der Waals surface area (Å²) in [6.45, 7) is 11.1. The summed E-state index contributed by atoms with van der Waals surface area (Å²) in [5.74, 6) is 1.30. The molecule has 132 valence electrons. The number of hydrogen-bond donors (Lipinski definition) is 1. The highest BCUT2D eigenvalue weighted by Crippen LogP contribution is 2.47. The smallest absolute Gasteiger partial charge is 0.184 e. The molecule has 0 bridgehead atoms. The Balaban J connectivity index is 2.17. The van der Waals surface area contributed by atoms with E-state index in [2.05, 4.69) is 0 Å². The number of aliphatic hydroxyl groups is 1. The van der Waals surface area contributed by atoms with Crippen molar-refractivity contribution >= 4 is 5.57 Å². The Labute approximate surface area is 143 Å². The summed E-state index contributed by atoms with van der Waals surface area (Å²) in [5, 5.41) is 10.7. The van der Waals surface area contributed by atoms with Gasteiger partial charge in [0.25, 0.3) is 0 Å². The van der Waals surface area contributed by atoms with Crippen LogP contribution in [0.3, 0.4) is 0 Å². The molecule has 5 heteroatoms. The van der Waals surface area contributed by atoms with Gasteiger partial charge in [0.1, 0.15) is 5.60 Å². The van der Waals surface area contributed by atoms with Gasteiger partial charge in [-0.25, -0.2) is 0 Å². The number of ether oxygens (including phenoxy) is 4. The molecule has 1 saturated heterocycles. The maximum atomic E-state index is 10.7. The largest absolute Gasteiger partial charge is 0.490 e. The lowest BCUT2D eigenvalue weighted by Crippen LogP contribution is -2.34. The summed E-state index contributed by atoms with van der Waals surface area (Å²) in [6.07, 6.45) is 1.55. The molecule has 0 amide bonds. The highest BCUT2D eigenvalue weighted by atomic mass is 16.7. The van der Waals surface area contributed by atoms with Crippen LogP contribution in [0, 0.1) is 0 Å². The molecule has 0 atom stereocenters. The van der Waals surface area contributed by atoms with Crippen LogP contribution < -0.4 is 9.47 Å². The first-order valence-corrected chi connectivity index (χ1v) is 8.40. The van der Waals surface area contributed by atoms with Crippen LogP contribution in [0.4, 0.5) is 0 Å². The zero-order valence-electron chi connectivity index (χ0n) is 15.0. The summed E-state index contributed by atoms with van der Waals surface area (Å²) in [6, 6.07) is 3.87. The Morgan fingerprint density at radius 1 is 1.25 bits per heavy atom. The third kappa shape index (κ3) is 3.29. The minimum atomic E-state index is -1.00. The molecule has 5 nitrogen and oxygen atoms in total.